The highest BCUT2D eigenvalue weighted by Gasteiger charge is 2.19. The van der Waals surface area contributed by atoms with Crippen LogP contribution in [-0.2, 0) is 0 Å². The number of rotatable bonds is 2. The Morgan fingerprint density at radius 3 is 2.75 bits per heavy atom. The molecule has 0 saturated carbocycles. The summed E-state index contributed by atoms with van der Waals surface area (Å²) in [5.74, 6) is 0.553. The van der Waals surface area contributed by atoms with Crippen molar-refractivity contribution in [3.05, 3.63) is 30.2 Å². The van der Waals surface area contributed by atoms with E-state index < -0.39 is 0 Å². The minimum absolute atomic E-state index is 0.553. The molecule has 0 atom stereocenters. The number of aromatic nitrogens is 2. The molecular weight excluding hydrogens is 198 g/mol. The summed E-state index contributed by atoms with van der Waals surface area (Å²) in [6.07, 6.45) is 7.42. The molecule has 1 fully saturated rings. The molecule has 2 aromatic heterocycles. The Labute approximate surface area is 95.7 Å². The van der Waals surface area contributed by atoms with Crippen molar-refractivity contribution < 1.29 is 0 Å². The minimum atomic E-state index is 0.553. The quantitative estimate of drug-likeness (QED) is 0.767. The Hall–Kier alpha value is -1.51. The van der Waals surface area contributed by atoms with Crippen molar-refractivity contribution in [2.75, 3.05) is 18.0 Å². The lowest BCUT2D eigenvalue weighted by atomic mass is 10.0. The first-order valence-electron chi connectivity index (χ1n) is 5.97. The van der Waals surface area contributed by atoms with Gasteiger partial charge in [0, 0.05) is 31.7 Å². The van der Waals surface area contributed by atoms with Crippen molar-refractivity contribution in [2.24, 2.45) is 0 Å². The number of imidazole rings is 1. The van der Waals surface area contributed by atoms with Crippen LogP contribution in [0.5, 0.6) is 0 Å². The monoisotopic (exact) mass is 215 g/mol. The topological polar surface area (TPSA) is 20.5 Å². The fourth-order valence-electron chi connectivity index (χ4n) is 2.25. The van der Waals surface area contributed by atoms with Gasteiger partial charge in [0.05, 0.1) is 5.69 Å². The molecule has 84 valence electrons. The zero-order valence-electron chi connectivity index (χ0n) is 9.85. The minimum Gasteiger partial charge on any atom is -0.370 e. The summed E-state index contributed by atoms with van der Waals surface area (Å²) in [6.45, 7) is 6.88. The summed E-state index contributed by atoms with van der Waals surface area (Å²) in [5, 5.41) is 0. The number of hydrogen-bond acceptors (Lipinski definition) is 2. The van der Waals surface area contributed by atoms with Gasteiger partial charge in [-0.1, -0.05) is 13.8 Å². The molecule has 0 spiro atoms. The van der Waals surface area contributed by atoms with E-state index in [1.54, 1.807) is 0 Å². The highest BCUT2D eigenvalue weighted by atomic mass is 15.2. The molecule has 3 nitrogen and oxygen atoms in total. The highest BCUT2D eigenvalue weighted by molar-refractivity contribution is 5.60. The van der Waals surface area contributed by atoms with Crippen molar-refractivity contribution in [1.82, 2.24) is 9.38 Å². The zero-order valence-corrected chi connectivity index (χ0v) is 9.85. The van der Waals surface area contributed by atoms with Crippen LogP contribution < -0.4 is 4.90 Å². The van der Waals surface area contributed by atoms with E-state index in [1.807, 2.05) is 12.4 Å². The smallest absolute Gasteiger partial charge is 0.137 e. The molecule has 0 aliphatic carbocycles. The Balaban J connectivity index is 2.17. The van der Waals surface area contributed by atoms with Crippen molar-refractivity contribution in [2.45, 2.75) is 26.2 Å². The Kier molecular flexibility index (Phi) is 2.13. The maximum atomic E-state index is 4.35. The first-order chi connectivity index (χ1) is 7.75. The molecule has 0 amide bonds. The lowest BCUT2D eigenvalue weighted by molar-refractivity contribution is 0.610. The molecule has 16 heavy (non-hydrogen) atoms. The normalized spacial score (nSPS) is 15.8. The fraction of sp³-hybridized carbons (Fsp3) is 0.462. The summed E-state index contributed by atoms with van der Waals surface area (Å²) in [5.41, 5.74) is 3.85. The first-order valence-corrected chi connectivity index (χ1v) is 5.97. The summed E-state index contributed by atoms with van der Waals surface area (Å²) >= 11 is 0. The second-order valence-electron chi connectivity index (χ2n) is 4.80. The lowest BCUT2D eigenvalue weighted by Crippen LogP contribution is -2.37. The number of nitrogens with zero attached hydrogens (tertiary/aromatic N) is 3. The fourth-order valence-corrected chi connectivity index (χ4v) is 2.25. The maximum absolute atomic E-state index is 4.35. The molecule has 1 aliphatic rings. The van der Waals surface area contributed by atoms with Gasteiger partial charge in [0.2, 0.25) is 0 Å². The van der Waals surface area contributed by atoms with Gasteiger partial charge in [-0.2, -0.15) is 0 Å². The largest absolute Gasteiger partial charge is 0.370 e. The SMILES string of the molecule is CC(C)c1cc2nccn2cc1N1CCC1. The van der Waals surface area contributed by atoms with Gasteiger partial charge in [-0.3, -0.25) is 0 Å². The van der Waals surface area contributed by atoms with Gasteiger partial charge in [-0.15, -0.1) is 0 Å². The average Bonchev–Trinajstić information content (AvgIpc) is 2.60. The van der Waals surface area contributed by atoms with Crippen molar-refractivity contribution in [3.63, 3.8) is 0 Å². The van der Waals surface area contributed by atoms with E-state index in [1.165, 1.54) is 30.8 Å². The molecule has 2 aromatic rings. The number of fused-ring (bicyclic) bond motifs is 1. The van der Waals surface area contributed by atoms with Gasteiger partial charge >= 0.3 is 0 Å². The molecule has 3 rings (SSSR count). The van der Waals surface area contributed by atoms with Crippen LogP contribution in [0.15, 0.2) is 24.7 Å². The lowest BCUT2D eigenvalue weighted by Gasteiger charge is -2.35. The molecule has 0 unspecified atom stereocenters. The van der Waals surface area contributed by atoms with Gasteiger partial charge in [0.25, 0.3) is 0 Å². The van der Waals surface area contributed by atoms with Crippen molar-refractivity contribution in [1.29, 1.82) is 0 Å². The third-order valence-corrected chi connectivity index (χ3v) is 3.36. The molecule has 0 radical (unpaired) electrons. The molecule has 1 aliphatic heterocycles. The van der Waals surface area contributed by atoms with Gasteiger partial charge in [0.1, 0.15) is 5.65 Å². The highest BCUT2D eigenvalue weighted by Crippen LogP contribution is 2.31. The Bertz CT molecular complexity index is 509. The van der Waals surface area contributed by atoms with Gasteiger partial charge in [0.15, 0.2) is 0 Å². The van der Waals surface area contributed by atoms with Crippen molar-refractivity contribution >= 4 is 11.3 Å². The predicted octanol–water partition coefficient (Wildman–Crippen LogP) is 2.67. The van der Waals surface area contributed by atoms with Gasteiger partial charge in [-0.25, -0.2) is 4.98 Å². The average molecular weight is 215 g/mol. The second kappa shape index (κ2) is 3.51. The number of pyridine rings is 1. The third kappa shape index (κ3) is 1.39. The van der Waals surface area contributed by atoms with E-state index >= 15 is 0 Å². The summed E-state index contributed by atoms with van der Waals surface area (Å²) < 4.78 is 2.11. The van der Waals surface area contributed by atoms with E-state index in [2.05, 4.69) is 40.4 Å². The molecule has 0 aromatic carbocycles. The Morgan fingerprint density at radius 1 is 1.31 bits per heavy atom. The molecule has 0 bridgehead atoms. The molecular formula is C13H17N3. The standard InChI is InChI=1S/C13H17N3/c1-10(2)11-8-13-14-4-7-16(13)9-12(11)15-5-3-6-15/h4,7-10H,3,5-6H2,1-2H3. The summed E-state index contributed by atoms with van der Waals surface area (Å²) in [7, 11) is 0. The molecule has 3 heterocycles. The zero-order chi connectivity index (χ0) is 11.1. The number of hydrogen-bond donors (Lipinski definition) is 0. The van der Waals surface area contributed by atoms with Crippen molar-refractivity contribution in [3.8, 4) is 0 Å². The van der Waals surface area contributed by atoms with Crippen LogP contribution >= 0.6 is 0 Å². The van der Waals surface area contributed by atoms with Crippen LogP contribution in [-0.4, -0.2) is 22.5 Å². The predicted molar refractivity (Wildman–Crippen MR) is 66.1 cm³/mol. The summed E-state index contributed by atoms with van der Waals surface area (Å²) in [4.78, 5) is 6.80. The van der Waals surface area contributed by atoms with Gasteiger partial charge < -0.3 is 9.30 Å². The number of anilines is 1. The first kappa shape index (κ1) is 9.70. The van der Waals surface area contributed by atoms with E-state index in [-0.39, 0.29) is 0 Å². The van der Waals surface area contributed by atoms with Crippen LogP contribution in [0, 0.1) is 0 Å². The second-order valence-corrected chi connectivity index (χ2v) is 4.80. The summed E-state index contributed by atoms with van der Waals surface area (Å²) in [6, 6.07) is 2.22. The van der Waals surface area contributed by atoms with E-state index in [0.717, 1.165) is 5.65 Å². The Morgan fingerprint density at radius 2 is 2.12 bits per heavy atom. The van der Waals surface area contributed by atoms with Crippen LogP contribution in [0.1, 0.15) is 31.7 Å². The maximum Gasteiger partial charge on any atom is 0.137 e. The molecule has 3 heteroatoms. The van der Waals surface area contributed by atoms with Crippen LogP contribution in [0.25, 0.3) is 5.65 Å². The third-order valence-electron chi connectivity index (χ3n) is 3.36. The van der Waals surface area contributed by atoms with Crippen LogP contribution in [0.2, 0.25) is 0 Å². The van der Waals surface area contributed by atoms with Crippen LogP contribution in [0.4, 0.5) is 5.69 Å². The van der Waals surface area contributed by atoms with E-state index in [0.29, 0.717) is 5.92 Å². The molecule has 0 N–H and O–H groups in total. The van der Waals surface area contributed by atoms with E-state index in [4.69, 9.17) is 0 Å². The van der Waals surface area contributed by atoms with E-state index in [9.17, 15) is 0 Å². The molecule has 1 saturated heterocycles. The van der Waals surface area contributed by atoms with Crippen LogP contribution in [0.3, 0.4) is 0 Å². The van der Waals surface area contributed by atoms with Gasteiger partial charge in [-0.05, 0) is 24.0 Å².